The van der Waals surface area contributed by atoms with Gasteiger partial charge < -0.3 is 10.6 Å². The van der Waals surface area contributed by atoms with Crippen LogP contribution in [0.4, 0.5) is 4.39 Å². The number of aliphatic imine (C=N–C) groups is 1. The first kappa shape index (κ1) is 14.8. The van der Waals surface area contributed by atoms with Crippen molar-refractivity contribution in [2.24, 2.45) is 4.99 Å². The predicted octanol–water partition coefficient (Wildman–Crippen LogP) is 2.71. The number of pyridine rings is 1. The molecule has 2 N–H and O–H groups in total. The Labute approximate surface area is 133 Å². The summed E-state index contributed by atoms with van der Waals surface area (Å²) in [6, 6.07) is 8.63. The quantitative estimate of drug-likeness (QED) is 0.911. The number of nitrogens with one attached hydrogen (secondary N) is 2. The fourth-order valence-corrected chi connectivity index (χ4v) is 2.62. The Morgan fingerprint density at radius 1 is 1.27 bits per heavy atom. The van der Waals surface area contributed by atoms with E-state index in [1.54, 1.807) is 30.6 Å². The lowest BCUT2D eigenvalue weighted by molar-refractivity contribution is 0.554. The van der Waals surface area contributed by atoms with Crippen molar-refractivity contribution >= 4 is 17.6 Å². The Kier molecular flexibility index (Phi) is 4.53. The number of nitrogens with zero attached hydrogens (tertiary/aromatic N) is 2. The van der Waals surface area contributed by atoms with Crippen molar-refractivity contribution in [2.75, 3.05) is 13.1 Å². The molecule has 0 saturated carbocycles. The van der Waals surface area contributed by atoms with Crippen molar-refractivity contribution in [3.05, 3.63) is 64.7 Å². The van der Waals surface area contributed by atoms with E-state index in [-0.39, 0.29) is 11.1 Å². The minimum Gasteiger partial charge on any atom is -0.355 e. The Bertz CT molecular complexity index is 675. The Hall–Kier alpha value is -2.14. The van der Waals surface area contributed by atoms with E-state index in [1.165, 1.54) is 0 Å². The first-order chi connectivity index (χ1) is 10.7. The monoisotopic (exact) mass is 318 g/mol. The molecule has 0 radical (unpaired) electrons. The SMILES string of the molecule is Fc1c(Cl)cccc1[C@@H](Cc1ccncc1)NC1=NCCN1. The van der Waals surface area contributed by atoms with E-state index in [0.717, 1.165) is 18.7 Å². The number of guanidine groups is 1. The highest BCUT2D eigenvalue weighted by Gasteiger charge is 2.20. The fraction of sp³-hybridized carbons (Fsp3) is 0.250. The Balaban J connectivity index is 1.89. The zero-order valence-corrected chi connectivity index (χ0v) is 12.6. The van der Waals surface area contributed by atoms with Crippen molar-refractivity contribution in [1.82, 2.24) is 15.6 Å². The van der Waals surface area contributed by atoms with E-state index in [0.29, 0.717) is 17.9 Å². The van der Waals surface area contributed by atoms with E-state index in [1.807, 2.05) is 12.1 Å². The number of benzene rings is 1. The van der Waals surface area contributed by atoms with E-state index in [9.17, 15) is 4.39 Å². The summed E-state index contributed by atoms with van der Waals surface area (Å²) in [7, 11) is 0. The standard InChI is InChI=1S/C16H16ClFN4/c17-13-3-1-2-12(15(13)18)14(22-16-20-8-9-21-16)10-11-4-6-19-7-5-11/h1-7,14H,8-10H2,(H2,20,21,22)/t14-/m1/s1. The molecule has 22 heavy (non-hydrogen) atoms. The molecular formula is C16H16ClFN4. The van der Waals surface area contributed by atoms with Gasteiger partial charge in [0.2, 0.25) is 0 Å². The van der Waals surface area contributed by atoms with Crippen LogP contribution in [0, 0.1) is 5.82 Å². The minimum atomic E-state index is -0.394. The van der Waals surface area contributed by atoms with Gasteiger partial charge in [0.1, 0.15) is 5.82 Å². The summed E-state index contributed by atoms with van der Waals surface area (Å²) >= 11 is 5.92. The van der Waals surface area contributed by atoms with Gasteiger partial charge in [-0.15, -0.1) is 0 Å². The molecular weight excluding hydrogens is 303 g/mol. The summed E-state index contributed by atoms with van der Waals surface area (Å²) in [6.45, 7) is 1.52. The number of hydrogen-bond donors (Lipinski definition) is 2. The molecule has 1 aromatic heterocycles. The second kappa shape index (κ2) is 6.75. The molecule has 114 valence electrons. The van der Waals surface area contributed by atoms with Crippen molar-refractivity contribution < 1.29 is 4.39 Å². The highest BCUT2D eigenvalue weighted by atomic mass is 35.5. The molecule has 2 heterocycles. The lowest BCUT2D eigenvalue weighted by atomic mass is 9.99. The molecule has 6 heteroatoms. The third-order valence-corrected chi connectivity index (χ3v) is 3.82. The van der Waals surface area contributed by atoms with Gasteiger partial charge in [-0.25, -0.2) is 4.39 Å². The maximum absolute atomic E-state index is 14.4. The van der Waals surface area contributed by atoms with Crippen LogP contribution in [0.25, 0.3) is 0 Å². The maximum Gasteiger partial charge on any atom is 0.191 e. The predicted molar refractivity (Wildman–Crippen MR) is 85.5 cm³/mol. The largest absolute Gasteiger partial charge is 0.355 e. The highest BCUT2D eigenvalue weighted by Crippen LogP contribution is 2.26. The van der Waals surface area contributed by atoms with Crippen LogP contribution in [0.2, 0.25) is 5.02 Å². The molecule has 0 saturated heterocycles. The molecule has 0 spiro atoms. The Morgan fingerprint density at radius 2 is 2.09 bits per heavy atom. The van der Waals surface area contributed by atoms with E-state index >= 15 is 0 Å². The molecule has 1 aromatic carbocycles. The van der Waals surface area contributed by atoms with Gasteiger partial charge >= 0.3 is 0 Å². The molecule has 0 aliphatic carbocycles. The van der Waals surface area contributed by atoms with Gasteiger partial charge in [0, 0.05) is 24.5 Å². The fourth-order valence-electron chi connectivity index (χ4n) is 2.44. The molecule has 1 atom stereocenters. The smallest absolute Gasteiger partial charge is 0.191 e. The van der Waals surface area contributed by atoms with Crippen molar-refractivity contribution in [3.63, 3.8) is 0 Å². The molecule has 3 rings (SSSR count). The van der Waals surface area contributed by atoms with Gasteiger partial charge in [0.05, 0.1) is 17.6 Å². The summed E-state index contributed by atoms with van der Waals surface area (Å²) in [5, 5.41) is 6.54. The average Bonchev–Trinajstić information content (AvgIpc) is 3.03. The van der Waals surface area contributed by atoms with Crippen molar-refractivity contribution in [2.45, 2.75) is 12.5 Å². The molecule has 1 aliphatic heterocycles. The van der Waals surface area contributed by atoms with Crippen LogP contribution < -0.4 is 10.6 Å². The molecule has 0 fully saturated rings. The minimum absolute atomic E-state index is 0.125. The topological polar surface area (TPSA) is 49.3 Å². The van der Waals surface area contributed by atoms with E-state index in [4.69, 9.17) is 11.6 Å². The third kappa shape index (κ3) is 3.36. The second-order valence-electron chi connectivity index (χ2n) is 5.06. The van der Waals surface area contributed by atoms with Gasteiger partial charge in [-0.05, 0) is 30.2 Å². The zero-order valence-electron chi connectivity index (χ0n) is 11.9. The molecule has 0 unspecified atom stereocenters. The number of hydrogen-bond acceptors (Lipinski definition) is 4. The summed E-state index contributed by atoms with van der Waals surface area (Å²) < 4.78 is 14.4. The summed E-state index contributed by atoms with van der Waals surface area (Å²) in [5.74, 6) is 0.299. The molecule has 4 nitrogen and oxygen atoms in total. The Morgan fingerprint density at radius 3 is 2.82 bits per heavy atom. The summed E-state index contributed by atoms with van der Waals surface area (Å²) in [6.07, 6.45) is 4.07. The third-order valence-electron chi connectivity index (χ3n) is 3.53. The van der Waals surface area contributed by atoms with Gasteiger partial charge in [-0.1, -0.05) is 23.7 Å². The normalized spacial score (nSPS) is 15.1. The van der Waals surface area contributed by atoms with E-state index < -0.39 is 5.82 Å². The number of halogens is 2. The average molecular weight is 319 g/mol. The van der Waals surface area contributed by atoms with Gasteiger partial charge in [0.25, 0.3) is 0 Å². The first-order valence-corrected chi connectivity index (χ1v) is 7.49. The lowest BCUT2D eigenvalue weighted by Crippen LogP contribution is -2.37. The van der Waals surface area contributed by atoms with Crippen LogP contribution >= 0.6 is 11.6 Å². The molecule has 1 aliphatic rings. The van der Waals surface area contributed by atoms with Crippen LogP contribution in [-0.4, -0.2) is 24.0 Å². The van der Waals surface area contributed by atoms with Crippen LogP contribution in [0.1, 0.15) is 17.2 Å². The summed E-state index contributed by atoms with van der Waals surface area (Å²) in [5.41, 5.74) is 1.59. The van der Waals surface area contributed by atoms with Crippen LogP contribution in [0.15, 0.2) is 47.7 Å². The molecule has 2 aromatic rings. The lowest BCUT2D eigenvalue weighted by Gasteiger charge is -2.21. The summed E-state index contributed by atoms with van der Waals surface area (Å²) in [4.78, 5) is 8.33. The highest BCUT2D eigenvalue weighted by molar-refractivity contribution is 6.30. The van der Waals surface area contributed by atoms with Crippen LogP contribution in [-0.2, 0) is 6.42 Å². The number of aromatic nitrogens is 1. The van der Waals surface area contributed by atoms with Crippen molar-refractivity contribution in [3.8, 4) is 0 Å². The van der Waals surface area contributed by atoms with Crippen LogP contribution in [0.3, 0.4) is 0 Å². The molecule has 0 bridgehead atoms. The van der Waals surface area contributed by atoms with Gasteiger partial charge in [0.15, 0.2) is 5.96 Å². The van der Waals surface area contributed by atoms with Crippen molar-refractivity contribution in [1.29, 1.82) is 0 Å². The van der Waals surface area contributed by atoms with Crippen LogP contribution in [0.5, 0.6) is 0 Å². The maximum atomic E-state index is 14.4. The zero-order chi connectivity index (χ0) is 15.4. The van der Waals surface area contributed by atoms with E-state index in [2.05, 4.69) is 20.6 Å². The van der Waals surface area contributed by atoms with Gasteiger partial charge in [-0.2, -0.15) is 0 Å². The number of rotatable bonds is 4. The first-order valence-electron chi connectivity index (χ1n) is 7.11. The molecule has 0 amide bonds. The van der Waals surface area contributed by atoms with Gasteiger partial charge in [-0.3, -0.25) is 9.98 Å². The second-order valence-corrected chi connectivity index (χ2v) is 5.46.